The summed E-state index contributed by atoms with van der Waals surface area (Å²) in [6, 6.07) is -2.58. The van der Waals surface area contributed by atoms with Gasteiger partial charge in [-0.05, 0) is 31.7 Å². The summed E-state index contributed by atoms with van der Waals surface area (Å²) in [5.41, 5.74) is 10.5. The third-order valence-electron chi connectivity index (χ3n) is 4.42. The molecule has 0 aromatic heterocycles. The second kappa shape index (κ2) is 17.3. The lowest BCUT2D eigenvalue weighted by Gasteiger charge is -2.22. The lowest BCUT2D eigenvalue weighted by Crippen LogP contribution is -2.54. The van der Waals surface area contributed by atoms with Crippen molar-refractivity contribution >= 4 is 35.7 Å². The fourth-order valence-corrected chi connectivity index (χ4v) is 2.83. The van der Waals surface area contributed by atoms with Crippen molar-refractivity contribution in [3.63, 3.8) is 0 Å². The first-order chi connectivity index (χ1) is 16.0. The van der Waals surface area contributed by atoms with Crippen molar-refractivity contribution in [3.05, 3.63) is 0 Å². The molecule has 0 radical (unpaired) electrons. The van der Waals surface area contributed by atoms with Crippen LogP contribution in [0.3, 0.4) is 0 Å². The monoisotopic (exact) mass is 486 g/mol. The van der Waals surface area contributed by atoms with E-state index in [9.17, 15) is 24.0 Å². The number of rotatable bonds is 17. The number of likely N-dealkylation sites (N-methyl/N-ethyl adjacent to an activating group) is 1. The maximum Gasteiger partial charge on any atom is 0.336 e. The zero-order valence-electron chi connectivity index (χ0n) is 20.1. The van der Waals surface area contributed by atoms with E-state index in [4.69, 9.17) is 21.3 Å². The Labute approximate surface area is 199 Å². The fraction of sp³-hybridized carbons (Fsp3) is 0.714. The highest BCUT2D eigenvalue weighted by molar-refractivity contribution is 5.95. The van der Waals surface area contributed by atoms with E-state index >= 15 is 0 Å². The number of ether oxygens (including phenoxy) is 1. The Balaban J connectivity index is 4.95. The van der Waals surface area contributed by atoms with Crippen molar-refractivity contribution in [1.82, 2.24) is 16.0 Å². The predicted octanol–water partition coefficient (Wildman–Crippen LogP) is -1.01. The van der Waals surface area contributed by atoms with Crippen LogP contribution in [-0.4, -0.2) is 72.5 Å². The van der Waals surface area contributed by atoms with Crippen LogP contribution in [0, 0.1) is 5.92 Å². The number of aliphatic imine (C=N–C) groups is 1. The molecule has 0 saturated carbocycles. The Morgan fingerprint density at radius 2 is 1.68 bits per heavy atom. The number of unbranched alkanes of at least 4 members (excludes halogenated alkanes) is 2. The molecule has 0 spiro atoms. The number of amides is 2. The van der Waals surface area contributed by atoms with E-state index in [1.165, 1.54) is 0 Å². The van der Waals surface area contributed by atoms with E-state index in [0.717, 1.165) is 0 Å². The smallest absolute Gasteiger partial charge is 0.336 e. The molecule has 2 atom stereocenters. The molecule has 0 aliphatic carbocycles. The van der Waals surface area contributed by atoms with Gasteiger partial charge in [0.15, 0.2) is 5.96 Å². The summed E-state index contributed by atoms with van der Waals surface area (Å²) in [6.07, 6.45) is 1.25. The Hall–Kier alpha value is -3.22. The molecule has 34 heavy (non-hydrogen) atoms. The topological polar surface area (TPSA) is 215 Å². The van der Waals surface area contributed by atoms with Crippen LogP contribution >= 0.6 is 0 Å². The van der Waals surface area contributed by atoms with Gasteiger partial charge in [0.2, 0.25) is 11.8 Å². The second-order valence-corrected chi connectivity index (χ2v) is 8.10. The van der Waals surface area contributed by atoms with Crippen molar-refractivity contribution < 1.29 is 33.8 Å². The van der Waals surface area contributed by atoms with Gasteiger partial charge in [0, 0.05) is 13.0 Å². The summed E-state index contributed by atoms with van der Waals surface area (Å²) < 4.78 is 4.88. The minimum absolute atomic E-state index is 0.00195. The second-order valence-electron chi connectivity index (χ2n) is 8.10. The van der Waals surface area contributed by atoms with Crippen molar-refractivity contribution in [2.24, 2.45) is 22.4 Å². The van der Waals surface area contributed by atoms with Crippen LogP contribution in [-0.2, 0) is 28.7 Å². The van der Waals surface area contributed by atoms with Gasteiger partial charge in [-0.1, -0.05) is 27.2 Å². The maximum atomic E-state index is 12.7. The molecule has 0 aromatic rings. The number of nitrogens with two attached hydrogens (primary N) is 2. The van der Waals surface area contributed by atoms with Gasteiger partial charge in [0.05, 0.1) is 13.0 Å². The molecule has 8 N–H and O–H groups in total. The number of carboxylic acids is 1. The van der Waals surface area contributed by atoms with Gasteiger partial charge in [-0.25, -0.2) is 4.79 Å². The number of hydrogen-bond acceptors (Lipinski definition) is 8. The normalized spacial score (nSPS) is 12.4. The number of aliphatic carboxylic acids is 1. The Morgan fingerprint density at radius 1 is 1.00 bits per heavy atom. The van der Waals surface area contributed by atoms with Crippen LogP contribution in [0.25, 0.3) is 0 Å². The number of nitrogens with zero attached hydrogens (tertiary/aromatic N) is 1. The van der Waals surface area contributed by atoms with E-state index in [1.807, 2.05) is 0 Å². The van der Waals surface area contributed by atoms with Gasteiger partial charge in [-0.2, -0.15) is 0 Å². The van der Waals surface area contributed by atoms with E-state index in [2.05, 4.69) is 20.9 Å². The van der Waals surface area contributed by atoms with Gasteiger partial charge in [0.25, 0.3) is 0 Å². The number of carbonyl (C=O) groups excluding carboxylic acids is 4. The predicted molar refractivity (Wildman–Crippen MR) is 124 cm³/mol. The SMILES string of the molecule is CCNCC(=O)N[C@@H](CC(=O)O)C(=O)N[C@@H](CC(C)C)C(=O)OC(=O)CCCCCN=C(N)N. The standard InChI is InChI=1S/C21H38N6O7/c1-4-24-12-16(28)26-14(11-17(29)30)19(32)27-15(10-13(2)3)20(33)34-18(31)8-6-5-7-9-25-21(22)23/h13-15,24H,4-12H2,1-3H3,(H,26,28)(H,27,32)(H,29,30)(H4,22,23,25)/t14-,15-/m0/s1. The Kier molecular flexibility index (Phi) is 15.6. The van der Waals surface area contributed by atoms with Crippen LogP contribution in [0.15, 0.2) is 4.99 Å². The van der Waals surface area contributed by atoms with Crippen molar-refractivity contribution in [2.45, 2.75) is 71.4 Å². The highest BCUT2D eigenvalue weighted by atomic mass is 16.6. The number of carbonyl (C=O) groups is 5. The minimum Gasteiger partial charge on any atom is -0.481 e. The number of hydrogen-bond donors (Lipinski definition) is 6. The summed E-state index contributed by atoms with van der Waals surface area (Å²) in [5, 5.41) is 16.6. The molecule has 0 unspecified atom stereocenters. The molecule has 0 aromatic carbocycles. The number of esters is 2. The van der Waals surface area contributed by atoms with Gasteiger partial charge in [-0.15, -0.1) is 0 Å². The first-order valence-electron chi connectivity index (χ1n) is 11.3. The maximum absolute atomic E-state index is 12.7. The lowest BCUT2D eigenvalue weighted by molar-refractivity contribution is -0.162. The average molecular weight is 487 g/mol. The van der Waals surface area contributed by atoms with Crippen LogP contribution in [0.1, 0.15) is 59.3 Å². The van der Waals surface area contributed by atoms with Crippen LogP contribution in [0.2, 0.25) is 0 Å². The van der Waals surface area contributed by atoms with Gasteiger partial charge in [0.1, 0.15) is 12.1 Å². The summed E-state index contributed by atoms with van der Waals surface area (Å²) in [4.78, 5) is 64.1. The van der Waals surface area contributed by atoms with Crippen molar-refractivity contribution in [3.8, 4) is 0 Å². The van der Waals surface area contributed by atoms with Crippen LogP contribution in [0.5, 0.6) is 0 Å². The highest BCUT2D eigenvalue weighted by Gasteiger charge is 2.30. The molecular weight excluding hydrogens is 448 g/mol. The third-order valence-corrected chi connectivity index (χ3v) is 4.42. The summed E-state index contributed by atoms with van der Waals surface area (Å²) >= 11 is 0. The quantitative estimate of drug-likeness (QED) is 0.0484. The van der Waals surface area contributed by atoms with Crippen molar-refractivity contribution in [2.75, 3.05) is 19.6 Å². The molecule has 0 saturated heterocycles. The molecule has 0 heterocycles. The fourth-order valence-electron chi connectivity index (χ4n) is 2.83. The molecule has 13 heteroatoms. The first-order valence-corrected chi connectivity index (χ1v) is 11.3. The zero-order chi connectivity index (χ0) is 26.1. The average Bonchev–Trinajstić information content (AvgIpc) is 2.72. The number of guanidine groups is 1. The van der Waals surface area contributed by atoms with E-state index in [1.54, 1.807) is 20.8 Å². The molecule has 194 valence electrons. The largest absolute Gasteiger partial charge is 0.481 e. The van der Waals surface area contributed by atoms with Crippen LogP contribution in [0.4, 0.5) is 0 Å². The highest BCUT2D eigenvalue weighted by Crippen LogP contribution is 2.09. The van der Waals surface area contributed by atoms with Crippen LogP contribution < -0.4 is 27.4 Å². The van der Waals surface area contributed by atoms with Gasteiger partial charge < -0.3 is 37.3 Å². The first kappa shape index (κ1) is 30.8. The molecule has 2 amide bonds. The van der Waals surface area contributed by atoms with E-state index in [-0.39, 0.29) is 31.3 Å². The molecular formula is C21H38N6O7. The Bertz CT molecular complexity index is 722. The van der Waals surface area contributed by atoms with Crippen molar-refractivity contribution in [1.29, 1.82) is 0 Å². The molecule has 0 rings (SSSR count). The molecule has 0 bridgehead atoms. The third kappa shape index (κ3) is 15.6. The molecule has 0 aliphatic rings. The number of nitrogens with one attached hydrogen (secondary N) is 3. The molecule has 13 nitrogen and oxygen atoms in total. The number of carboxylic acid groups (broad SMARTS) is 1. The van der Waals surface area contributed by atoms with E-state index in [0.29, 0.717) is 32.4 Å². The minimum atomic E-state index is -1.40. The Morgan fingerprint density at radius 3 is 2.24 bits per heavy atom. The summed E-state index contributed by atoms with van der Waals surface area (Å²) in [7, 11) is 0. The summed E-state index contributed by atoms with van der Waals surface area (Å²) in [6.45, 7) is 6.23. The molecule has 0 aliphatic heterocycles. The zero-order valence-corrected chi connectivity index (χ0v) is 20.1. The van der Waals surface area contributed by atoms with Gasteiger partial charge in [-0.3, -0.25) is 24.2 Å². The lowest BCUT2D eigenvalue weighted by atomic mass is 10.0. The summed E-state index contributed by atoms with van der Waals surface area (Å²) in [5.74, 6) is -4.47. The van der Waals surface area contributed by atoms with Gasteiger partial charge >= 0.3 is 17.9 Å². The molecule has 0 fully saturated rings. The van der Waals surface area contributed by atoms with E-state index < -0.39 is 48.2 Å².